The van der Waals surface area contributed by atoms with Gasteiger partial charge < -0.3 is 0 Å². The summed E-state index contributed by atoms with van der Waals surface area (Å²) in [5.41, 5.74) is 21.5. The van der Waals surface area contributed by atoms with E-state index in [-0.39, 0.29) is 10.8 Å². The van der Waals surface area contributed by atoms with Gasteiger partial charge in [0.1, 0.15) is 0 Å². The highest BCUT2D eigenvalue weighted by Crippen LogP contribution is 2.53. The van der Waals surface area contributed by atoms with Crippen LogP contribution in [0.25, 0.3) is 100 Å². The molecule has 2 heterocycles. The zero-order valence-corrected chi connectivity index (χ0v) is 35.1. The third-order valence-electron chi connectivity index (χ3n) is 13.6. The Morgan fingerprint density at radius 1 is 0.306 bits per heavy atom. The smallest absolute Gasteiger partial charge is 0.159 e. The van der Waals surface area contributed by atoms with Gasteiger partial charge in [0.05, 0.1) is 11.0 Å². The van der Waals surface area contributed by atoms with E-state index in [0.29, 0.717) is 0 Å². The van der Waals surface area contributed by atoms with Gasteiger partial charge in [-0.1, -0.05) is 149 Å². The lowest BCUT2D eigenvalue weighted by Gasteiger charge is -2.24. The monoisotopic (exact) mass is 794 g/mol. The summed E-state index contributed by atoms with van der Waals surface area (Å²) in [7, 11) is 0. The molecule has 0 aliphatic heterocycles. The van der Waals surface area contributed by atoms with Gasteiger partial charge in [-0.2, -0.15) is 0 Å². The molecule has 2 aliphatic carbocycles. The maximum absolute atomic E-state index is 4.88. The summed E-state index contributed by atoms with van der Waals surface area (Å²) in [6, 6.07) is 61.6. The number of hydrogen-bond acceptors (Lipinski definition) is 4. The standard InChI is InChI=1S/C58H42N4/c1-57(2)49-29-37(35-13-9-15-41(27-35)55-59-33-43-11-5-7-17-53(43)61-55)19-23-45(49)47-25-21-39(31-51(47)57)40-22-26-48-46-24-20-38(30-50(46)58(3,4)52(48)32-40)36-14-10-16-42(28-36)56-60-34-44-12-6-8-18-54(44)62-56/h5-34H,1-4H3. The number of para-hydroxylation sites is 2. The van der Waals surface area contributed by atoms with Gasteiger partial charge >= 0.3 is 0 Å². The Bertz CT molecular complexity index is 3250. The molecule has 4 heteroatoms. The van der Waals surface area contributed by atoms with Gasteiger partial charge in [0, 0.05) is 45.1 Å². The van der Waals surface area contributed by atoms with Crippen LogP contribution in [0.4, 0.5) is 0 Å². The van der Waals surface area contributed by atoms with E-state index in [9.17, 15) is 0 Å². The molecule has 8 aromatic carbocycles. The van der Waals surface area contributed by atoms with Crippen molar-refractivity contribution >= 4 is 21.8 Å². The second kappa shape index (κ2) is 13.5. The molecule has 0 saturated heterocycles. The van der Waals surface area contributed by atoms with Gasteiger partial charge in [-0.25, -0.2) is 19.9 Å². The number of nitrogens with zero attached hydrogens (tertiary/aromatic N) is 4. The van der Waals surface area contributed by atoms with Gasteiger partial charge in [0.15, 0.2) is 11.6 Å². The molecule has 0 saturated carbocycles. The highest BCUT2D eigenvalue weighted by atomic mass is 14.9. The van der Waals surface area contributed by atoms with E-state index in [1.165, 1.54) is 66.8 Å². The Hall–Kier alpha value is -7.56. The second-order valence-electron chi connectivity index (χ2n) is 18.0. The van der Waals surface area contributed by atoms with Crippen LogP contribution >= 0.6 is 0 Å². The topological polar surface area (TPSA) is 51.6 Å². The van der Waals surface area contributed by atoms with Crippen molar-refractivity contribution in [3.63, 3.8) is 0 Å². The second-order valence-corrected chi connectivity index (χ2v) is 18.0. The summed E-state index contributed by atoms with van der Waals surface area (Å²) in [6.45, 7) is 9.48. The van der Waals surface area contributed by atoms with Crippen LogP contribution in [0.2, 0.25) is 0 Å². The lowest BCUT2D eigenvalue weighted by molar-refractivity contribution is 0.660. The van der Waals surface area contributed by atoms with Gasteiger partial charge in [-0.3, -0.25) is 0 Å². The third kappa shape index (κ3) is 5.67. The first kappa shape index (κ1) is 36.3. The number of benzene rings is 8. The minimum absolute atomic E-state index is 0.171. The minimum Gasteiger partial charge on any atom is -0.236 e. The molecule has 10 aromatic rings. The zero-order valence-electron chi connectivity index (χ0n) is 35.1. The Morgan fingerprint density at radius 2 is 0.629 bits per heavy atom. The molecular formula is C58H42N4. The summed E-state index contributed by atoms with van der Waals surface area (Å²) >= 11 is 0. The molecular weight excluding hydrogens is 753 g/mol. The number of aromatic nitrogens is 4. The van der Waals surface area contributed by atoms with Crippen molar-refractivity contribution < 1.29 is 0 Å². The molecule has 0 radical (unpaired) electrons. The van der Waals surface area contributed by atoms with E-state index in [4.69, 9.17) is 19.9 Å². The average molecular weight is 795 g/mol. The number of rotatable bonds is 5. The SMILES string of the molecule is CC1(C)c2cc(-c3cccc(-c4ncc5ccccc5n4)c3)ccc2-c2ccc(-c3ccc4c(c3)C(C)(C)c3cc(-c5cccc(-c6ncc7ccccc7n6)c5)ccc3-4)cc21. The van der Waals surface area contributed by atoms with Crippen molar-refractivity contribution in [3.05, 3.63) is 205 Å². The lowest BCUT2D eigenvalue weighted by Crippen LogP contribution is -2.15. The van der Waals surface area contributed by atoms with Crippen molar-refractivity contribution in [3.8, 4) is 78.4 Å². The van der Waals surface area contributed by atoms with Crippen molar-refractivity contribution in [2.24, 2.45) is 0 Å². The normalized spacial score (nSPS) is 14.1. The molecule has 2 aromatic heterocycles. The summed E-state index contributed by atoms with van der Waals surface area (Å²) in [6.07, 6.45) is 3.83. The van der Waals surface area contributed by atoms with Crippen LogP contribution in [0.15, 0.2) is 182 Å². The van der Waals surface area contributed by atoms with Crippen molar-refractivity contribution in [2.75, 3.05) is 0 Å². The van der Waals surface area contributed by atoms with Crippen LogP contribution in [0.3, 0.4) is 0 Å². The van der Waals surface area contributed by atoms with Gasteiger partial charge in [0.2, 0.25) is 0 Å². The van der Waals surface area contributed by atoms with Crippen LogP contribution < -0.4 is 0 Å². The summed E-state index contributed by atoms with van der Waals surface area (Å²) in [4.78, 5) is 19.2. The van der Waals surface area contributed by atoms with Crippen LogP contribution in [-0.4, -0.2) is 19.9 Å². The predicted molar refractivity (Wildman–Crippen MR) is 255 cm³/mol. The molecule has 0 spiro atoms. The Balaban J connectivity index is 0.841. The van der Waals surface area contributed by atoms with Crippen molar-refractivity contribution in [1.82, 2.24) is 19.9 Å². The molecule has 294 valence electrons. The van der Waals surface area contributed by atoms with E-state index < -0.39 is 0 Å². The summed E-state index contributed by atoms with van der Waals surface area (Å²) in [5.74, 6) is 1.48. The van der Waals surface area contributed by atoms with E-state index in [0.717, 1.165) is 55.7 Å². The van der Waals surface area contributed by atoms with Gasteiger partial charge in [-0.15, -0.1) is 0 Å². The fraction of sp³-hybridized carbons (Fsp3) is 0.103. The molecule has 0 atom stereocenters. The highest BCUT2D eigenvalue weighted by molar-refractivity contribution is 5.89. The molecule has 0 bridgehead atoms. The van der Waals surface area contributed by atoms with Crippen molar-refractivity contribution in [2.45, 2.75) is 38.5 Å². The quantitative estimate of drug-likeness (QED) is 0.174. The lowest BCUT2D eigenvalue weighted by atomic mass is 9.79. The van der Waals surface area contributed by atoms with Crippen LogP contribution in [-0.2, 0) is 10.8 Å². The molecule has 12 rings (SSSR count). The van der Waals surface area contributed by atoms with E-state index in [1.54, 1.807) is 0 Å². The fourth-order valence-corrected chi connectivity index (χ4v) is 10.1. The molecule has 0 unspecified atom stereocenters. The fourth-order valence-electron chi connectivity index (χ4n) is 10.1. The minimum atomic E-state index is -0.171. The molecule has 0 N–H and O–H groups in total. The van der Waals surface area contributed by atoms with Crippen LogP contribution in [0, 0.1) is 0 Å². The predicted octanol–water partition coefficient (Wildman–Crippen LogP) is 14.5. The van der Waals surface area contributed by atoms with E-state index >= 15 is 0 Å². The number of fused-ring (bicyclic) bond motifs is 8. The van der Waals surface area contributed by atoms with E-state index in [1.807, 2.05) is 48.8 Å². The first-order chi connectivity index (χ1) is 30.2. The number of hydrogen-bond donors (Lipinski definition) is 0. The maximum atomic E-state index is 4.88. The third-order valence-corrected chi connectivity index (χ3v) is 13.6. The van der Waals surface area contributed by atoms with Gasteiger partial charge in [-0.05, 0) is 126 Å². The first-order valence-electron chi connectivity index (χ1n) is 21.4. The molecule has 0 fully saturated rings. The van der Waals surface area contributed by atoms with E-state index in [2.05, 4.69) is 161 Å². The van der Waals surface area contributed by atoms with Gasteiger partial charge in [0.25, 0.3) is 0 Å². The largest absolute Gasteiger partial charge is 0.236 e. The highest BCUT2D eigenvalue weighted by Gasteiger charge is 2.38. The van der Waals surface area contributed by atoms with Crippen LogP contribution in [0.1, 0.15) is 49.9 Å². The maximum Gasteiger partial charge on any atom is 0.159 e. The zero-order chi connectivity index (χ0) is 41.7. The Kier molecular flexibility index (Phi) is 7.89. The Labute approximate surface area is 361 Å². The molecule has 2 aliphatic rings. The summed E-state index contributed by atoms with van der Waals surface area (Å²) < 4.78 is 0. The molecule has 4 nitrogen and oxygen atoms in total. The average Bonchev–Trinajstić information content (AvgIpc) is 3.69. The molecule has 62 heavy (non-hydrogen) atoms. The Morgan fingerprint density at radius 3 is 1.00 bits per heavy atom. The first-order valence-corrected chi connectivity index (χ1v) is 21.4. The van der Waals surface area contributed by atoms with Crippen LogP contribution in [0.5, 0.6) is 0 Å². The summed E-state index contributed by atoms with van der Waals surface area (Å²) in [5, 5.41) is 2.09. The molecule has 0 amide bonds. The van der Waals surface area contributed by atoms with Crippen molar-refractivity contribution in [1.29, 1.82) is 0 Å².